The number of nitrogens with one attached hydrogen (secondary N) is 2. The Kier molecular flexibility index (Phi) is 7.33. The van der Waals surface area contributed by atoms with Crippen LogP contribution in [0.5, 0.6) is 0 Å². The number of halogens is 3. The van der Waals surface area contributed by atoms with Crippen molar-refractivity contribution in [3.8, 4) is 0 Å². The molecule has 2 heterocycles. The Morgan fingerprint density at radius 1 is 1.26 bits per heavy atom. The van der Waals surface area contributed by atoms with Gasteiger partial charge < -0.3 is 15.5 Å². The van der Waals surface area contributed by atoms with Gasteiger partial charge in [-0.2, -0.15) is 0 Å². The minimum Gasteiger partial charge on any atom is -0.337 e. The zero-order valence-electron chi connectivity index (χ0n) is 14.7. The van der Waals surface area contributed by atoms with E-state index in [2.05, 4.69) is 10.6 Å². The van der Waals surface area contributed by atoms with Gasteiger partial charge in [0, 0.05) is 32.1 Å². The van der Waals surface area contributed by atoms with E-state index in [4.69, 9.17) is 23.2 Å². The number of amides is 4. The zero-order valence-corrected chi connectivity index (χ0v) is 17.0. The third-order valence-electron chi connectivity index (χ3n) is 4.65. The molecular formula is C17H21Cl3N4O3. The number of hydrogen-bond donors (Lipinski definition) is 2. The molecule has 2 aliphatic rings. The van der Waals surface area contributed by atoms with Crippen LogP contribution in [0.15, 0.2) is 18.2 Å². The summed E-state index contributed by atoms with van der Waals surface area (Å²) < 4.78 is 0. The van der Waals surface area contributed by atoms with Crippen molar-refractivity contribution in [3.63, 3.8) is 0 Å². The van der Waals surface area contributed by atoms with Gasteiger partial charge in [-0.1, -0.05) is 23.2 Å². The van der Waals surface area contributed by atoms with Gasteiger partial charge in [0.15, 0.2) is 0 Å². The van der Waals surface area contributed by atoms with E-state index in [1.165, 1.54) is 12.1 Å². The monoisotopic (exact) mass is 434 g/mol. The maximum Gasteiger partial charge on any atom is 0.329 e. The Hall–Kier alpha value is -1.54. The van der Waals surface area contributed by atoms with Gasteiger partial charge >= 0.3 is 6.03 Å². The summed E-state index contributed by atoms with van der Waals surface area (Å²) in [6, 6.07) is 3.43. The fraction of sp³-hybridized carbons (Fsp3) is 0.471. The van der Waals surface area contributed by atoms with Crippen LogP contribution in [0, 0.1) is 0 Å². The molecule has 0 aliphatic carbocycles. The molecule has 148 valence electrons. The van der Waals surface area contributed by atoms with Gasteiger partial charge in [-0.3, -0.25) is 9.59 Å². The Labute approximate surface area is 173 Å². The van der Waals surface area contributed by atoms with Crippen LogP contribution in [0.2, 0.25) is 10.0 Å². The first-order valence-corrected chi connectivity index (χ1v) is 9.24. The molecule has 4 amide bonds. The summed E-state index contributed by atoms with van der Waals surface area (Å²) in [4.78, 5) is 40.1. The largest absolute Gasteiger partial charge is 0.337 e. The number of hydrogen-bond acceptors (Lipinski definition) is 4. The number of urea groups is 1. The van der Waals surface area contributed by atoms with Crippen molar-refractivity contribution in [3.05, 3.63) is 28.2 Å². The standard InChI is InChI=1S/C17H20Cl2N4O3.ClH/c1-10-9-20-6-7-22(10)15(24)5-4-14-16(25)23(17(26)21-14)11-2-3-12(18)13(19)8-11;/h2-3,8,10,14,20H,4-7,9H2,1H3,(H,21,26);1H/t10-,14?;/m0./s1. The van der Waals surface area contributed by atoms with Crippen LogP contribution in [0.3, 0.4) is 0 Å². The average molecular weight is 436 g/mol. The van der Waals surface area contributed by atoms with Gasteiger partial charge in [0.1, 0.15) is 6.04 Å². The number of carbonyl (C=O) groups is 3. The maximum atomic E-state index is 12.6. The highest BCUT2D eigenvalue weighted by atomic mass is 35.5. The number of carbonyl (C=O) groups excluding carboxylic acids is 3. The SMILES string of the molecule is C[C@H]1CNCCN1C(=O)CCC1NC(=O)N(c2ccc(Cl)c(Cl)c2)C1=O.Cl. The normalized spacial score (nSPS) is 22.5. The molecule has 1 aromatic carbocycles. The number of rotatable bonds is 4. The first kappa shape index (κ1) is 21.8. The van der Waals surface area contributed by atoms with Crippen molar-refractivity contribution in [2.45, 2.75) is 31.8 Å². The molecule has 0 spiro atoms. The van der Waals surface area contributed by atoms with Crippen molar-refractivity contribution >= 4 is 59.1 Å². The van der Waals surface area contributed by atoms with E-state index in [1.807, 2.05) is 11.8 Å². The number of piperazine rings is 1. The van der Waals surface area contributed by atoms with Crippen LogP contribution in [0.4, 0.5) is 10.5 Å². The third kappa shape index (κ3) is 4.66. The highest BCUT2D eigenvalue weighted by Gasteiger charge is 2.39. The van der Waals surface area contributed by atoms with Crippen molar-refractivity contribution in [2.24, 2.45) is 0 Å². The summed E-state index contributed by atoms with van der Waals surface area (Å²) in [5.41, 5.74) is 0.353. The van der Waals surface area contributed by atoms with Gasteiger partial charge in [0.2, 0.25) is 5.91 Å². The molecule has 0 saturated carbocycles. The maximum absolute atomic E-state index is 12.6. The first-order chi connectivity index (χ1) is 12.4. The molecule has 0 aromatic heterocycles. The Morgan fingerprint density at radius 2 is 2.00 bits per heavy atom. The second kappa shape index (κ2) is 9.10. The van der Waals surface area contributed by atoms with E-state index >= 15 is 0 Å². The minimum absolute atomic E-state index is 0. The molecule has 1 unspecified atom stereocenters. The lowest BCUT2D eigenvalue weighted by Crippen LogP contribution is -2.52. The zero-order chi connectivity index (χ0) is 18.8. The highest BCUT2D eigenvalue weighted by Crippen LogP contribution is 2.29. The van der Waals surface area contributed by atoms with Crippen LogP contribution in [0.25, 0.3) is 0 Å². The van der Waals surface area contributed by atoms with E-state index in [0.717, 1.165) is 18.0 Å². The van der Waals surface area contributed by atoms with Crippen LogP contribution in [0.1, 0.15) is 19.8 Å². The van der Waals surface area contributed by atoms with E-state index in [1.54, 1.807) is 6.07 Å². The average Bonchev–Trinajstić information content (AvgIpc) is 2.89. The summed E-state index contributed by atoms with van der Waals surface area (Å²) in [5, 5.41) is 6.47. The van der Waals surface area contributed by atoms with Crippen LogP contribution in [-0.4, -0.2) is 54.5 Å². The summed E-state index contributed by atoms with van der Waals surface area (Å²) in [5.74, 6) is -0.399. The molecule has 0 radical (unpaired) electrons. The number of nitrogens with zero attached hydrogens (tertiary/aromatic N) is 2. The van der Waals surface area contributed by atoms with Crippen molar-refractivity contribution in [1.82, 2.24) is 15.5 Å². The van der Waals surface area contributed by atoms with Crippen molar-refractivity contribution in [1.29, 1.82) is 0 Å². The van der Waals surface area contributed by atoms with Gasteiger partial charge in [-0.05, 0) is 31.5 Å². The van der Waals surface area contributed by atoms with Crippen LogP contribution in [-0.2, 0) is 9.59 Å². The number of anilines is 1. The fourth-order valence-corrected chi connectivity index (χ4v) is 3.51. The molecule has 2 aliphatic heterocycles. The molecule has 10 heteroatoms. The molecule has 3 rings (SSSR count). The fourth-order valence-electron chi connectivity index (χ4n) is 3.22. The predicted octanol–water partition coefficient (Wildman–Crippen LogP) is 2.44. The molecule has 2 atom stereocenters. The molecule has 2 saturated heterocycles. The smallest absolute Gasteiger partial charge is 0.329 e. The lowest BCUT2D eigenvalue weighted by molar-refractivity contribution is -0.134. The van der Waals surface area contributed by atoms with E-state index < -0.39 is 18.0 Å². The quantitative estimate of drug-likeness (QED) is 0.712. The lowest BCUT2D eigenvalue weighted by Gasteiger charge is -2.34. The number of imide groups is 1. The summed E-state index contributed by atoms with van der Waals surface area (Å²) in [7, 11) is 0. The van der Waals surface area contributed by atoms with Crippen LogP contribution >= 0.6 is 35.6 Å². The first-order valence-electron chi connectivity index (χ1n) is 8.48. The van der Waals surface area contributed by atoms with Crippen molar-refractivity contribution in [2.75, 3.05) is 24.5 Å². The Balaban J connectivity index is 0.00000261. The van der Waals surface area contributed by atoms with Gasteiger partial charge in [-0.15, -0.1) is 12.4 Å². The summed E-state index contributed by atoms with van der Waals surface area (Å²) in [6.07, 6.45) is 0.466. The minimum atomic E-state index is -0.723. The predicted molar refractivity (Wildman–Crippen MR) is 107 cm³/mol. The molecule has 2 N–H and O–H groups in total. The van der Waals surface area contributed by atoms with E-state index in [9.17, 15) is 14.4 Å². The summed E-state index contributed by atoms with van der Waals surface area (Å²) >= 11 is 11.8. The molecule has 2 fully saturated rings. The third-order valence-corrected chi connectivity index (χ3v) is 5.39. The molecule has 1 aromatic rings. The molecule has 0 bridgehead atoms. The second-order valence-electron chi connectivity index (χ2n) is 6.45. The Bertz CT molecular complexity index is 746. The molecule has 7 nitrogen and oxygen atoms in total. The lowest BCUT2D eigenvalue weighted by atomic mass is 10.1. The van der Waals surface area contributed by atoms with Gasteiger partial charge in [0.25, 0.3) is 5.91 Å². The Morgan fingerprint density at radius 3 is 2.67 bits per heavy atom. The topological polar surface area (TPSA) is 81.8 Å². The summed E-state index contributed by atoms with van der Waals surface area (Å²) in [6.45, 7) is 4.16. The molecule has 27 heavy (non-hydrogen) atoms. The second-order valence-corrected chi connectivity index (χ2v) is 7.27. The van der Waals surface area contributed by atoms with Crippen LogP contribution < -0.4 is 15.5 Å². The molecular weight excluding hydrogens is 415 g/mol. The van der Waals surface area contributed by atoms with E-state index in [0.29, 0.717) is 17.3 Å². The number of benzene rings is 1. The van der Waals surface area contributed by atoms with Gasteiger partial charge in [0.05, 0.1) is 15.7 Å². The van der Waals surface area contributed by atoms with Gasteiger partial charge in [-0.25, -0.2) is 9.69 Å². The highest BCUT2D eigenvalue weighted by molar-refractivity contribution is 6.42. The van der Waals surface area contributed by atoms with E-state index in [-0.39, 0.29) is 42.2 Å². The van der Waals surface area contributed by atoms with Crippen molar-refractivity contribution < 1.29 is 14.4 Å².